The van der Waals surface area contributed by atoms with Gasteiger partial charge >= 0.3 is 0 Å². The zero-order chi connectivity index (χ0) is 7.07. The van der Waals surface area contributed by atoms with E-state index in [-0.39, 0.29) is 34.4 Å². The summed E-state index contributed by atoms with van der Waals surface area (Å²) in [5.74, 6) is 0. The van der Waals surface area contributed by atoms with Gasteiger partial charge in [-0.1, -0.05) is 0 Å². The van der Waals surface area contributed by atoms with Crippen LogP contribution in [0.15, 0.2) is 60.7 Å². The molecule has 0 aliphatic rings. The van der Waals surface area contributed by atoms with Crippen LogP contribution >= 0.6 is 0 Å². The first-order chi connectivity index (χ1) is 5.00. The molecule has 0 fully saturated rings. The van der Waals surface area contributed by atoms with E-state index in [9.17, 15) is 0 Å². The fourth-order valence-electron chi connectivity index (χ4n) is 0.642. The topological polar surface area (TPSA) is 0 Å². The maximum atomic E-state index is 2.00. The average molecular weight is 216 g/mol. The monoisotopic (exact) mass is 216 g/mol. The van der Waals surface area contributed by atoms with Gasteiger partial charge in [0.2, 0.25) is 0 Å². The molecule has 0 aromatic heterocycles. The quantitative estimate of drug-likeness (QED) is 0.463. The molecule has 0 atom stereocenters. The summed E-state index contributed by atoms with van der Waals surface area (Å²) in [4.78, 5) is 0. The van der Waals surface area contributed by atoms with Gasteiger partial charge in [0.1, 0.15) is 0 Å². The SMILES string of the molecule is [AlH3].[Fe].[cH-]1[cH-][cH-][cH-][cH-]1.c1cc[cH-]c1. The minimum atomic E-state index is 0. The molecule has 0 amide bonds. The Morgan fingerprint density at radius 1 is 0.667 bits per heavy atom. The molecular weight excluding hydrogens is 203 g/mol. The Morgan fingerprint density at radius 3 is 1.17 bits per heavy atom. The molecule has 0 N–H and O–H groups in total. The fourth-order valence-corrected chi connectivity index (χ4v) is 0.642. The minimum absolute atomic E-state index is 0. The van der Waals surface area contributed by atoms with Crippen molar-refractivity contribution in [3.05, 3.63) is 60.7 Å². The van der Waals surface area contributed by atoms with E-state index in [0.717, 1.165) is 0 Å². The Bertz CT molecular complexity index is 149. The summed E-state index contributed by atoms with van der Waals surface area (Å²) in [6, 6.07) is 20.0. The van der Waals surface area contributed by atoms with Crippen molar-refractivity contribution in [2.45, 2.75) is 0 Å². The maximum Gasteiger partial charge on any atom is 0.187 e. The summed E-state index contributed by atoms with van der Waals surface area (Å²) >= 11 is 0. The van der Waals surface area contributed by atoms with Crippen LogP contribution in [0.5, 0.6) is 0 Å². The standard InChI is InChI=1S/2C5H5.Al.Fe.3H/c2*1-2-4-5-3-1;;;;;/h2*1-5H;;;;;/q-5;-1;;;;;. The van der Waals surface area contributed by atoms with Crippen molar-refractivity contribution in [1.82, 2.24) is 0 Å². The first-order valence-corrected chi connectivity index (χ1v) is 3.33. The molecule has 0 nitrogen and oxygen atoms in total. The Labute approximate surface area is 94.9 Å². The molecule has 0 bridgehead atoms. The van der Waals surface area contributed by atoms with Crippen molar-refractivity contribution in [3.63, 3.8) is 0 Å². The summed E-state index contributed by atoms with van der Waals surface area (Å²) in [5, 5.41) is 0. The van der Waals surface area contributed by atoms with Gasteiger partial charge in [0, 0.05) is 17.1 Å². The van der Waals surface area contributed by atoms with Gasteiger partial charge in [0.25, 0.3) is 0 Å². The van der Waals surface area contributed by atoms with Crippen LogP contribution in [0.4, 0.5) is 0 Å². The van der Waals surface area contributed by atoms with Crippen molar-refractivity contribution in [2.24, 2.45) is 0 Å². The van der Waals surface area contributed by atoms with Crippen LogP contribution in [0.2, 0.25) is 0 Å². The normalized spacial score (nSPS) is 6.67. The van der Waals surface area contributed by atoms with Gasteiger partial charge in [0.05, 0.1) is 0 Å². The van der Waals surface area contributed by atoms with Gasteiger partial charge in [-0.2, -0.15) is 18.2 Å². The Kier molecular flexibility index (Phi) is 12.8. The molecule has 2 aromatic rings. The van der Waals surface area contributed by atoms with E-state index in [4.69, 9.17) is 0 Å². The second-order valence-corrected chi connectivity index (χ2v) is 1.92. The molecule has 0 aliphatic heterocycles. The van der Waals surface area contributed by atoms with Gasteiger partial charge in [-0.05, 0) is 0 Å². The molecule has 12 heavy (non-hydrogen) atoms. The van der Waals surface area contributed by atoms with Crippen molar-refractivity contribution < 1.29 is 17.1 Å². The third-order valence-corrected chi connectivity index (χ3v) is 1.11. The molecule has 0 saturated heterocycles. The van der Waals surface area contributed by atoms with Crippen LogP contribution in [0, 0.1) is 0 Å². The van der Waals surface area contributed by atoms with Gasteiger partial charge in [-0.15, -0.1) is 0 Å². The molecule has 2 heteroatoms. The van der Waals surface area contributed by atoms with Crippen LogP contribution in [0.25, 0.3) is 0 Å². The molecular formula is C10H13AlFe-6. The average Bonchev–Trinajstić information content (AvgIpc) is 2.67. The summed E-state index contributed by atoms with van der Waals surface area (Å²) < 4.78 is 0. The van der Waals surface area contributed by atoms with E-state index in [1.807, 2.05) is 60.7 Å². The predicted molar refractivity (Wildman–Crippen MR) is 54.0 cm³/mol. The van der Waals surface area contributed by atoms with E-state index >= 15 is 0 Å². The molecule has 0 spiro atoms. The molecule has 0 aliphatic carbocycles. The Morgan fingerprint density at radius 2 is 1.00 bits per heavy atom. The van der Waals surface area contributed by atoms with Crippen molar-refractivity contribution in [2.75, 3.05) is 0 Å². The van der Waals surface area contributed by atoms with E-state index < -0.39 is 0 Å². The van der Waals surface area contributed by atoms with E-state index in [0.29, 0.717) is 0 Å². The van der Waals surface area contributed by atoms with E-state index in [1.165, 1.54) is 0 Å². The third kappa shape index (κ3) is 7.85. The first kappa shape index (κ1) is 14.3. The van der Waals surface area contributed by atoms with Crippen LogP contribution in [0.3, 0.4) is 0 Å². The zero-order valence-corrected chi connectivity index (χ0v) is 7.23. The Balaban J connectivity index is 0. The molecule has 0 radical (unpaired) electrons. The number of hydrogen-bond acceptors (Lipinski definition) is 0. The van der Waals surface area contributed by atoms with Gasteiger partial charge in [-0.25, -0.2) is 12.1 Å². The second kappa shape index (κ2) is 10.8. The minimum Gasteiger partial charge on any atom is -0.748 e. The maximum absolute atomic E-state index is 2.00. The van der Waals surface area contributed by atoms with Gasteiger partial charge in [0.15, 0.2) is 17.4 Å². The van der Waals surface area contributed by atoms with Crippen LogP contribution in [-0.4, -0.2) is 17.4 Å². The fraction of sp³-hybridized carbons (Fsp3) is 0. The van der Waals surface area contributed by atoms with Crippen LogP contribution in [-0.2, 0) is 17.1 Å². The van der Waals surface area contributed by atoms with Crippen molar-refractivity contribution in [3.8, 4) is 0 Å². The number of rotatable bonds is 0. The number of hydrogen-bond donors (Lipinski definition) is 0. The first-order valence-electron chi connectivity index (χ1n) is 3.33. The molecule has 0 heterocycles. The third-order valence-electron chi connectivity index (χ3n) is 1.11. The molecule has 0 unspecified atom stereocenters. The summed E-state index contributed by atoms with van der Waals surface area (Å²) in [6.45, 7) is 0. The Hall–Kier alpha value is -0.248. The largest absolute Gasteiger partial charge is 0.748 e. The summed E-state index contributed by atoms with van der Waals surface area (Å²) in [6.07, 6.45) is 0. The smallest absolute Gasteiger partial charge is 0.187 e. The molecule has 0 saturated carbocycles. The summed E-state index contributed by atoms with van der Waals surface area (Å²) in [7, 11) is 0. The van der Waals surface area contributed by atoms with Gasteiger partial charge < -0.3 is 30.3 Å². The van der Waals surface area contributed by atoms with Crippen molar-refractivity contribution >= 4 is 17.4 Å². The van der Waals surface area contributed by atoms with E-state index in [2.05, 4.69) is 0 Å². The predicted octanol–water partition coefficient (Wildman–Crippen LogP) is 1.62. The van der Waals surface area contributed by atoms with E-state index in [1.54, 1.807) is 0 Å². The van der Waals surface area contributed by atoms with Crippen LogP contribution in [0.1, 0.15) is 0 Å². The van der Waals surface area contributed by atoms with Crippen molar-refractivity contribution in [1.29, 1.82) is 0 Å². The molecule has 2 rings (SSSR count). The molecule has 70 valence electrons. The zero-order valence-electron chi connectivity index (χ0n) is 6.13. The summed E-state index contributed by atoms with van der Waals surface area (Å²) in [5.41, 5.74) is 0. The second-order valence-electron chi connectivity index (χ2n) is 1.92. The van der Waals surface area contributed by atoms with Crippen LogP contribution < -0.4 is 0 Å². The molecule has 2 aromatic carbocycles. The van der Waals surface area contributed by atoms with Gasteiger partial charge in [-0.3, -0.25) is 0 Å².